The number of fused-ring (bicyclic) bond motifs is 1. The van der Waals surface area contributed by atoms with Crippen LogP contribution in [0.3, 0.4) is 0 Å². The van der Waals surface area contributed by atoms with E-state index in [4.69, 9.17) is 9.47 Å². The quantitative estimate of drug-likeness (QED) is 0.268. The molecule has 3 nitrogen and oxygen atoms in total. The Morgan fingerprint density at radius 1 is 1.14 bits per heavy atom. The first-order chi connectivity index (χ1) is 13.6. The van der Waals surface area contributed by atoms with Crippen LogP contribution in [0, 0.1) is 10.7 Å². The van der Waals surface area contributed by atoms with Crippen molar-refractivity contribution in [3.05, 3.63) is 34.9 Å². The SMILES string of the molecule is CCCOc1cc2c(cc1[Se]C#C/C(C)=C/C(=O)OCC)C(C)(C)CCC2(C)C. The standard InChI is InChI=1S/C25H34O3Se/c1-8-13-28-21-16-19-20(25(6,7)12-11-24(19,4)5)17-22(21)29-14-10-18(3)15-23(26)27-9-2/h15-17H,8-9,11-13H2,1-7H3/b18-15+. The van der Waals surface area contributed by atoms with Crippen LogP contribution in [0.1, 0.15) is 78.9 Å². The van der Waals surface area contributed by atoms with Crippen molar-refractivity contribution in [1.29, 1.82) is 0 Å². The summed E-state index contributed by atoms with van der Waals surface area (Å²) in [5.41, 5.74) is 3.87. The molecule has 2 rings (SSSR count). The summed E-state index contributed by atoms with van der Waals surface area (Å²) in [6.45, 7) is 16.2. The molecule has 0 bridgehead atoms. The summed E-state index contributed by atoms with van der Waals surface area (Å²) in [6.07, 6.45) is 4.80. The number of allylic oxidation sites excluding steroid dienone is 1. The molecule has 0 unspecified atom stereocenters. The van der Waals surface area contributed by atoms with Crippen LogP contribution in [0.5, 0.6) is 5.75 Å². The molecule has 0 aliphatic heterocycles. The summed E-state index contributed by atoms with van der Waals surface area (Å²) in [6, 6.07) is 4.60. The molecule has 0 heterocycles. The molecule has 0 atom stereocenters. The van der Waals surface area contributed by atoms with Gasteiger partial charge in [-0.3, -0.25) is 0 Å². The maximum absolute atomic E-state index is 11.6. The predicted octanol–water partition coefficient (Wildman–Crippen LogP) is 4.62. The Morgan fingerprint density at radius 2 is 1.76 bits per heavy atom. The second-order valence-corrected chi connectivity index (χ2v) is 10.6. The van der Waals surface area contributed by atoms with Gasteiger partial charge in [-0.1, -0.05) is 0 Å². The fourth-order valence-corrected chi connectivity index (χ4v) is 5.04. The molecule has 1 aliphatic carbocycles. The van der Waals surface area contributed by atoms with E-state index in [2.05, 4.69) is 57.5 Å². The average Bonchev–Trinajstić information content (AvgIpc) is 2.64. The second kappa shape index (κ2) is 9.88. The molecule has 1 aromatic rings. The average molecular weight is 462 g/mol. The van der Waals surface area contributed by atoms with Gasteiger partial charge in [0.15, 0.2) is 0 Å². The third-order valence-corrected chi connectivity index (χ3v) is 6.97. The van der Waals surface area contributed by atoms with Crippen LogP contribution in [0.25, 0.3) is 0 Å². The zero-order valence-corrected chi connectivity index (χ0v) is 20.6. The first kappa shape index (κ1) is 23.6. The molecule has 1 aromatic carbocycles. The molecule has 0 fully saturated rings. The van der Waals surface area contributed by atoms with Gasteiger partial charge in [0.25, 0.3) is 0 Å². The van der Waals surface area contributed by atoms with Crippen LogP contribution in [0.2, 0.25) is 0 Å². The van der Waals surface area contributed by atoms with Crippen molar-refractivity contribution in [3.8, 4) is 16.5 Å². The van der Waals surface area contributed by atoms with E-state index in [1.807, 2.05) is 6.92 Å². The van der Waals surface area contributed by atoms with Gasteiger partial charge in [-0.05, 0) is 0 Å². The van der Waals surface area contributed by atoms with Crippen LogP contribution < -0.4 is 9.20 Å². The van der Waals surface area contributed by atoms with E-state index >= 15 is 0 Å². The number of carbonyl (C=O) groups is 1. The molecule has 0 amide bonds. The van der Waals surface area contributed by atoms with Crippen molar-refractivity contribution < 1.29 is 14.3 Å². The fourth-order valence-electron chi connectivity index (χ4n) is 3.54. The molecule has 1 aliphatic rings. The van der Waals surface area contributed by atoms with Gasteiger partial charge in [0, 0.05) is 0 Å². The normalized spacial score (nSPS) is 17.0. The zero-order chi connectivity index (χ0) is 21.7. The number of ether oxygens (including phenoxy) is 2. The van der Waals surface area contributed by atoms with E-state index in [0.717, 1.165) is 17.7 Å². The molecule has 158 valence electrons. The van der Waals surface area contributed by atoms with Gasteiger partial charge in [0.1, 0.15) is 0 Å². The molecule has 0 saturated heterocycles. The zero-order valence-electron chi connectivity index (χ0n) is 18.9. The Labute approximate surface area is 182 Å². The van der Waals surface area contributed by atoms with Gasteiger partial charge >= 0.3 is 183 Å². The van der Waals surface area contributed by atoms with Gasteiger partial charge < -0.3 is 0 Å². The minimum absolute atomic E-state index is 0.0560. The Morgan fingerprint density at radius 3 is 2.34 bits per heavy atom. The van der Waals surface area contributed by atoms with Gasteiger partial charge in [-0.25, -0.2) is 0 Å². The van der Waals surface area contributed by atoms with Gasteiger partial charge in [0.05, 0.1) is 0 Å². The van der Waals surface area contributed by atoms with Crippen LogP contribution in [-0.2, 0) is 20.4 Å². The van der Waals surface area contributed by atoms with Crippen LogP contribution in [0.15, 0.2) is 23.8 Å². The number of benzene rings is 1. The summed E-state index contributed by atoms with van der Waals surface area (Å²) in [7, 11) is 0. The van der Waals surface area contributed by atoms with Gasteiger partial charge in [0.2, 0.25) is 0 Å². The first-order valence-electron chi connectivity index (χ1n) is 10.5. The molecule has 0 aromatic heterocycles. The Balaban J connectivity index is 2.39. The molecule has 0 spiro atoms. The van der Waals surface area contributed by atoms with Crippen LogP contribution >= 0.6 is 0 Å². The Hall–Kier alpha value is -1.69. The van der Waals surface area contributed by atoms with Crippen molar-refractivity contribution in [3.63, 3.8) is 0 Å². The third kappa shape index (κ3) is 6.14. The Bertz CT molecular complexity index is 838. The molecule has 4 heteroatoms. The van der Waals surface area contributed by atoms with Crippen molar-refractivity contribution in [2.24, 2.45) is 0 Å². The first-order valence-corrected chi connectivity index (χ1v) is 12.2. The molecule has 0 radical (unpaired) electrons. The van der Waals surface area contributed by atoms with E-state index in [0.29, 0.717) is 13.2 Å². The van der Waals surface area contributed by atoms with E-state index in [-0.39, 0.29) is 31.8 Å². The number of hydrogen-bond donors (Lipinski definition) is 0. The van der Waals surface area contributed by atoms with Crippen molar-refractivity contribution in [2.75, 3.05) is 13.2 Å². The maximum atomic E-state index is 11.6. The second-order valence-electron chi connectivity index (χ2n) is 8.87. The Kier molecular flexibility index (Phi) is 8.03. The summed E-state index contributed by atoms with van der Waals surface area (Å²) < 4.78 is 12.3. The number of rotatable bonds is 6. The minimum atomic E-state index is -0.337. The molecular weight excluding hydrogens is 427 g/mol. The predicted molar refractivity (Wildman–Crippen MR) is 121 cm³/mol. The van der Waals surface area contributed by atoms with E-state index in [9.17, 15) is 4.79 Å². The summed E-state index contributed by atoms with van der Waals surface area (Å²) in [4.78, 5) is 14.8. The van der Waals surface area contributed by atoms with Crippen molar-refractivity contribution in [1.82, 2.24) is 0 Å². The van der Waals surface area contributed by atoms with E-state index in [1.54, 1.807) is 6.92 Å². The fraction of sp³-hybridized carbons (Fsp3) is 0.560. The van der Waals surface area contributed by atoms with Crippen LogP contribution in [0.4, 0.5) is 0 Å². The molecule has 29 heavy (non-hydrogen) atoms. The molecule has 0 N–H and O–H groups in total. The summed E-state index contributed by atoms with van der Waals surface area (Å²) >= 11 is -0.0560. The van der Waals surface area contributed by atoms with E-state index in [1.165, 1.54) is 34.5 Å². The van der Waals surface area contributed by atoms with Gasteiger partial charge in [-0.2, -0.15) is 0 Å². The van der Waals surface area contributed by atoms with Crippen molar-refractivity contribution in [2.45, 2.75) is 78.6 Å². The van der Waals surface area contributed by atoms with Crippen LogP contribution in [-0.4, -0.2) is 34.1 Å². The number of esters is 1. The third-order valence-electron chi connectivity index (χ3n) is 5.41. The number of hydrogen-bond acceptors (Lipinski definition) is 3. The topological polar surface area (TPSA) is 35.5 Å². The molecular formula is C25H34O3Se. The van der Waals surface area contributed by atoms with Gasteiger partial charge in [-0.15, -0.1) is 0 Å². The van der Waals surface area contributed by atoms with E-state index < -0.39 is 0 Å². The molecule has 0 saturated carbocycles. The summed E-state index contributed by atoms with van der Waals surface area (Å²) in [5.74, 6) is 3.74. The number of carbonyl (C=O) groups excluding carboxylic acids is 1. The summed E-state index contributed by atoms with van der Waals surface area (Å²) in [5, 5.41) is 0. The monoisotopic (exact) mass is 462 g/mol. The van der Waals surface area contributed by atoms with Crippen molar-refractivity contribution >= 4 is 25.4 Å².